The lowest BCUT2D eigenvalue weighted by molar-refractivity contribution is -0.133. The van der Waals surface area contributed by atoms with Crippen molar-refractivity contribution >= 4 is 35.9 Å². The first-order valence-electron chi connectivity index (χ1n) is 13.3. The molecule has 0 bridgehead atoms. The topological polar surface area (TPSA) is 95.0 Å². The van der Waals surface area contributed by atoms with Gasteiger partial charge in [-0.25, -0.2) is 22.5 Å². The molecule has 3 amide bonds. The van der Waals surface area contributed by atoms with Gasteiger partial charge >= 0.3 is 0 Å². The Hall–Kier alpha value is -4.61. The molecule has 0 unspecified atom stereocenters. The van der Waals surface area contributed by atoms with Gasteiger partial charge in [-0.15, -0.1) is 0 Å². The molecule has 1 aliphatic heterocycles. The van der Waals surface area contributed by atoms with E-state index in [4.69, 9.17) is 0 Å². The van der Waals surface area contributed by atoms with Crippen LogP contribution in [-0.2, 0) is 20.9 Å². The molecule has 1 aromatic heterocycles. The van der Waals surface area contributed by atoms with E-state index in [1.54, 1.807) is 42.5 Å². The number of hydrogen-bond acceptors (Lipinski definition) is 5. The average Bonchev–Trinajstić information content (AvgIpc) is 3.31. The smallest absolute Gasteiger partial charge is 0.252 e. The minimum absolute atomic E-state index is 0.0211. The molecule has 2 aliphatic rings. The van der Waals surface area contributed by atoms with Crippen molar-refractivity contribution in [2.45, 2.75) is 56.3 Å². The summed E-state index contributed by atoms with van der Waals surface area (Å²) < 4.78 is 56.2. The van der Waals surface area contributed by atoms with E-state index >= 15 is 0 Å². The SMILES string of the molecule is C=NCc1ccnc(N2C(=O)CC[C@H]2C(=O)N(c2cc(F)cc(F)c2)[C@H](C(=O)NC2CC(F)(F)C2)c2ccccc2)c1. The molecule has 1 N–H and O–H groups in total. The fourth-order valence-electron chi connectivity index (χ4n) is 5.36. The van der Waals surface area contributed by atoms with Gasteiger partial charge in [0.25, 0.3) is 11.8 Å². The zero-order valence-electron chi connectivity index (χ0n) is 22.4. The highest BCUT2D eigenvalue weighted by Gasteiger charge is 2.48. The Morgan fingerprint density at radius 2 is 1.79 bits per heavy atom. The van der Waals surface area contributed by atoms with Crippen molar-refractivity contribution in [1.82, 2.24) is 10.3 Å². The second-order valence-electron chi connectivity index (χ2n) is 10.3. The van der Waals surface area contributed by atoms with Crippen LogP contribution in [0.25, 0.3) is 0 Å². The first-order valence-corrected chi connectivity index (χ1v) is 13.3. The molecule has 2 atom stereocenters. The molecule has 2 fully saturated rings. The first-order chi connectivity index (χ1) is 20.1. The van der Waals surface area contributed by atoms with Gasteiger partial charge in [0.2, 0.25) is 11.8 Å². The summed E-state index contributed by atoms with van der Waals surface area (Å²) in [7, 11) is 0. The number of hydrogen-bond donors (Lipinski definition) is 1. The Morgan fingerprint density at radius 1 is 1.10 bits per heavy atom. The van der Waals surface area contributed by atoms with Gasteiger partial charge in [-0.3, -0.25) is 29.2 Å². The maximum Gasteiger partial charge on any atom is 0.252 e. The van der Waals surface area contributed by atoms with E-state index in [0.29, 0.717) is 11.6 Å². The van der Waals surface area contributed by atoms with Crippen molar-refractivity contribution in [3.05, 3.63) is 89.6 Å². The average molecular weight is 582 g/mol. The van der Waals surface area contributed by atoms with E-state index < -0.39 is 66.2 Å². The molecular weight excluding hydrogens is 554 g/mol. The lowest BCUT2D eigenvalue weighted by atomic mass is 9.87. The van der Waals surface area contributed by atoms with Crippen LogP contribution in [0.15, 0.2) is 71.9 Å². The number of nitrogens with zero attached hydrogens (tertiary/aromatic N) is 4. The standard InChI is InChI=1S/C30H27F4N5O3/c1-35-17-18-9-10-36-25(11-18)39-24(7-8-26(39)40)29(42)38(23-13-20(31)12-21(32)14-23)27(19-5-3-2-4-6-19)28(41)37-22-15-30(33,34)16-22/h2-6,9-14,22,24,27H,1,7-8,15-17H2,(H,37,41)/t24-,27-/m0/s1. The van der Waals surface area contributed by atoms with Gasteiger partial charge < -0.3 is 5.32 Å². The molecule has 0 radical (unpaired) electrons. The van der Waals surface area contributed by atoms with Crippen molar-refractivity contribution in [1.29, 1.82) is 0 Å². The summed E-state index contributed by atoms with van der Waals surface area (Å²) in [4.78, 5) is 51.5. The van der Waals surface area contributed by atoms with Crippen LogP contribution in [0.5, 0.6) is 0 Å². The van der Waals surface area contributed by atoms with E-state index in [0.717, 1.165) is 17.0 Å². The lowest BCUT2D eigenvalue weighted by Gasteiger charge is -2.39. The van der Waals surface area contributed by atoms with Crippen LogP contribution >= 0.6 is 0 Å². The van der Waals surface area contributed by atoms with Crippen LogP contribution in [0, 0.1) is 11.6 Å². The Labute approximate surface area is 239 Å². The monoisotopic (exact) mass is 581 g/mol. The third kappa shape index (κ3) is 6.02. The summed E-state index contributed by atoms with van der Waals surface area (Å²) in [5, 5.41) is 2.56. The number of halogens is 4. The number of alkyl halides is 2. The van der Waals surface area contributed by atoms with Gasteiger partial charge in [0, 0.05) is 37.6 Å². The number of amides is 3. The fourth-order valence-corrected chi connectivity index (χ4v) is 5.36. The molecule has 2 aromatic carbocycles. The molecule has 1 aliphatic carbocycles. The van der Waals surface area contributed by atoms with Crippen molar-refractivity contribution < 1.29 is 31.9 Å². The normalized spacial score (nSPS) is 18.7. The number of rotatable bonds is 9. The van der Waals surface area contributed by atoms with Gasteiger partial charge in [0.05, 0.1) is 12.2 Å². The van der Waals surface area contributed by atoms with Crippen LogP contribution in [0.3, 0.4) is 0 Å². The maximum atomic E-state index is 14.5. The number of aromatic nitrogens is 1. The number of nitrogens with one attached hydrogen (secondary N) is 1. The minimum Gasteiger partial charge on any atom is -0.351 e. The third-order valence-electron chi connectivity index (χ3n) is 7.27. The van der Waals surface area contributed by atoms with Gasteiger partial charge in [-0.2, -0.15) is 0 Å². The number of pyridine rings is 1. The molecule has 8 nitrogen and oxygen atoms in total. The Kier molecular flexibility index (Phi) is 8.06. The number of aliphatic imine (C=N–C) groups is 1. The quantitative estimate of drug-likeness (QED) is 0.292. The largest absolute Gasteiger partial charge is 0.351 e. The molecule has 1 saturated carbocycles. The molecule has 1 saturated heterocycles. The highest BCUT2D eigenvalue weighted by Crippen LogP contribution is 2.39. The first kappa shape index (κ1) is 28.9. The molecule has 12 heteroatoms. The van der Waals surface area contributed by atoms with Crippen LogP contribution in [-0.4, -0.2) is 47.4 Å². The van der Waals surface area contributed by atoms with E-state index in [-0.39, 0.29) is 36.5 Å². The van der Waals surface area contributed by atoms with Crippen molar-refractivity contribution in [2.75, 3.05) is 9.80 Å². The number of benzene rings is 2. The second-order valence-corrected chi connectivity index (χ2v) is 10.3. The molecular formula is C30H27F4N5O3. The maximum absolute atomic E-state index is 14.5. The van der Waals surface area contributed by atoms with Crippen LogP contribution in [0.1, 0.15) is 42.9 Å². The van der Waals surface area contributed by atoms with E-state index in [1.165, 1.54) is 11.1 Å². The van der Waals surface area contributed by atoms with Gasteiger partial charge in [-0.05, 0) is 48.5 Å². The van der Waals surface area contributed by atoms with Crippen molar-refractivity contribution in [2.24, 2.45) is 4.99 Å². The lowest BCUT2D eigenvalue weighted by Crippen LogP contribution is -2.56. The van der Waals surface area contributed by atoms with E-state index in [2.05, 4.69) is 22.0 Å². The van der Waals surface area contributed by atoms with E-state index in [1.807, 2.05) is 0 Å². The zero-order chi connectivity index (χ0) is 30.0. The predicted molar refractivity (Wildman–Crippen MR) is 147 cm³/mol. The summed E-state index contributed by atoms with van der Waals surface area (Å²) in [5.41, 5.74) is 0.674. The highest BCUT2D eigenvalue weighted by molar-refractivity contribution is 6.10. The molecule has 3 aromatic rings. The van der Waals surface area contributed by atoms with Crippen LogP contribution < -0.4 is 15.1 Å². The Morgan fingerprint density at radius 3 is 2.43 bits per heavy atom. The summed E-state index contributed by atoms with van der Waals surface area (Å²) in [5.74, 6) is -6.78. The van der Waals surface area contributed by atoms with Gasteiger partial charge in [0.1, 0.15) is 29.5 Å². The Bertz CT molecular complexity index is 1490. The summed E-state index contributed by atoms with van der Waals surface area (Å²) in [6.07, 6.45) is 0.324. The van der Waals surface area contributed by atoms with Crippen molar-refractivity contribution in [3.63, 3.8) is 0 Å². The number of carbonyl (C=O) groups is 3. The summed E-state index contributed by atoms with van der Waals surface area (Å²) >= 11 is 0. The second kappa shape index (κ2) is 11.7. The molecule has 2 heterocycles. The van der Waals surface area contributed by atoms with Gasteiger partial charge in [0.15, 0.2) is 0 Å². The zero-order valence-corrected chi connectivity index (χ0v) is 22.4. The van der Waals surface area contributed by atoms with Crippen LogP contribution in [0.4, 0.5) is 29.1 Å². The third-order valence-corrected chi connectivity index (χ3v) is 7.27. The molecule has 0 spiro atoms. The minimum atomic E-state index is -2.92. The Balaban J connectivity index is 1.59. The molecule has 218 valence electrons. The molecule has 5 rings (SSSR count). The predicted octanol–water partition coefficient (Wildman–Crippen LogP) is 4.74. The summed E-state index contributed by atoms with van der Waals surface area (Å²) in [6.45, 7) is 3.70. The van der Waals surface area contributed by atoms with Crippen LogP contribution in [0.2, 0.25) is 0 Å². The summed E-state index contributed by atoms with van der Waals surface area (Å²) in [6, 6.07) is 10.1. The van der Waals surface area contributed by atoms with Gasteiger partial charge in [-0.1, -0.05) is 30.3 Å². The number of carbonyl (C=O) groups excluding carboxylic acids is 3. The highest BCUT2D eigenvalue weighted by atomic mass is 19.3. The van der Waals surface area contributed by atoms with Crippen molar-refractivity contribution in [3.8, 4) is 0 Å². The number of anilines is 2. The molecule has 42 heavy (non-hydrogen) atoms. The fraction of sp³-hybridized carbons (Fsp3) is 0.300. The van der Waals surface area contributed by atoms with E-state index in [9.17, 15) is 31.9 Å².